The summed E-state index contributed by atoms with van der Waals surface area (Å²) < 4.78 is 9.97. The van der Waals surface area contributed by atoms with Gasteiger partial charge in [-0.05, 0) is 36.5 Å². The summed E-state index contributed by atoms with van der Waals surface area (Å²) in [4.78, 5) is 24.6. The minimum Gasteiger partial charge on any atom is -0.467 e. The molecule has 1 aromatic carbocycles. The second kappa shape index (κ2) is 7.08. The van der Waals surface area contributed by atoms with Gasteiger partial charge in [0.1, 0.15) is 0 Å². The van der Waals surface area contributed by atoms with Gasteiger partial charge in [-0.25, -0.2) is 0 Å². The number of nitrogens with zero attached hydrogens (tertiary/aromatic N) is 3. The minimum absolute atomic E-state index is 0.0731. The standard InChI is InChI=1S/C17H18N4O3/c1-23-16-19-15(20-17(21-16)24-2)18-14(22)13-10-6-5-9-12(13)11-7-3-4-8-11/h5-7,9-10H,3-4,8H2,1-2H3,(H,18,19,20,21,22). The van der Waals surface area contributed by atoms with Crippen molar-refractivity contribution < 1.29 is 14.3 Å². The van der Waals surface area contributed by atoms with Gasteiger partial charge in [0.2, 0.25) is 5.95 Å². The molecular weight excluding hydrogens is 308 g/mol. The first kappa shape index (κ1) is 15.9. The number of nitrogens with one attached hydrogen (secondary N) is 1. The molecule has 2 aromatic rings. The van der Waals surface area contributed by atoms with Crippen LogP contribution in [0.2, 0.25) is 0 Å². The molecule has 0 aliphatic heterocycles. The van der Waals surface area contributed by atoms with Crippen LogP contribution in [0.5, 0.6) is 12.0 Å². The Morgan fingerprint density at radius 2 is 1.79 bits per heavy atom. The number of allylic oxidation sites excluding steroid dienone is 2. The van der Waals surface area contributed by atoms with Gasteiger partial charge < -0.3 is 9.47 Å². The van der Waals surface area contributed by atoms with Crippen molar-refractivity contribution in [1.82, 2.24) is 15.0 Å². The maximum atomic E-state index is 12.7. The lowest BCUT2D eigenvalue weighted by Crippen LogP contribution is -2.17. The van der Waals surface area contributed by atoms with Crippen LogP contribution in [0.15, 0.2) is 30.3 Å². The van der Waals surface area contributed by atoms with E-state index in [1.165, 1.54) is 19.8 Å². The molecule has 1 aliphatic rings. The van der Waals surface area contributed by atoms with E-state index in [0.29, 0.717) is 5.56 Å². The fourth-order valence-corrected chi connectivity index (χ4v) is 2.62. The Morgan fingerprint density at radius 1 is 1.08 bits per heavy atom. The molecule has 0 saturated carbocycles. The third-order valence-corrected chi connectivity index (χ3v) is 3.74. The van der Waals surface area contributed by atoms with Gasteiger partial charge in [-0.2, -0.15) is 9.97 Å². The highest BCUT2D eigenvalue weighted by molar-refractivity contribution is 6.06. The van der Waals surface area contributed by atoms with E-state index in [0.717, 1.165) is 24.8 Å². The van der Waals surface area contributed by atoms with Gasteiger partial charge in [0.15, 0.2) is 0 Å². The average molecular weight is 326 g/mol. The number of anilines is 1. The predicted octanol–water partition coefficient (Wildman–Crippen LogP) is 2.71. The molecular formula is C17H18N4O3. The van der Waals surface area contributed by atoms with Crippen molar-refractivity contribution >= 4 is 17.4 Å². The lowest BCUT2D eigenvalue weighted by atomic mass is 9.99. The number of carbonyl (C=O) groups is 1. The van der Waals surface area contributed by atoms with Crippen LogP contribution in [-0.4, -0.2) is 35.1 Å². The zero-order valence-corrected chi connectivity index (χ0v) is 13.6. The van der Waals surface area contributed by atoms with E-state index in [1.54, 1.807) is 6.07 Å². The number of rotatable bonds is 5. The maximum Gasteiger partial charge on any atom is 0.324 e. The molecule has 0 radical (unpaired) electrons. The van der Waals surface area contributed by atoms with Crippen molar-refractivity contribution in [2.45, 2.75) is 19.3 Å². The molecule has 1 aliphatic carbocycles. The number of hydrogen-bond acceptors (Lipinski definition) is 6. The Bertz CT molecular complexity index is 767. The van der Waals surface area contributed by atoms with Gasteiger partial charge in [0.25, 0.3) is 5.91 Å². The molecule has 0 bridgehead atoms. The van der Waals surface area contributed by atoms with Crippen LogP contribution in [0.1, 0.15) is 35.2 Å². The van der Waals surface area contributed by atoms with Crippen LogP contribution in [0.3, 0.4) is 0 Å². The Labute approximate surface area is 139 Å². The van der Waals surface area contributed by atoms with Crippen molar-refractivity contribution in [2.75, 3.05) is 19.5 Å². The van der Waals surface area contributed by atoms with Crippen LogP contribution >= 0.6 is 0 Å². The summed E-state index contributed by atoms with van der Waals surface area (Å²) in [6.07, 6.45) is 5.33. The smallest absolute Gasteiger partial charge is 0.324 e. The molecule has 24 heavy (non-hydrogen) atoms. The Morgan fingerprint density at radius 3 is 2.42 bits per heavy atom. The molecule has 0 fully saturated rings. The van der Waals surface area contributed by atoms with E-state index in [2.05, 4.69) is 26.3 Å². The number of ether oxygens (including phenoxy) is 2. The van der Waals surface area contributed by atoms with E-state index in [4.69, 9.17) is 9.47 Å². The number of methoxy groups -OCH3 is 2. The Kier molecular flexibility index (Phi) is 4.69. The molecule has 124 valence electrons. The van der Waals surface area contributed by atoms with Gasteiger partial charge in [-0.1, -0.05) is 24.3 Å². The van der Waals surface area contributed by atoms with Crippen molar-refractivity contribution in [2.24, 2.45) is 0 Å². The molecule has 0 saturated heterocycles. The first-order valence-corrected chi connectivity index (χ1v) is 7.65. The topological polar surface area (TPSA) is 86.2 Å². The molecule has 7 heteroatoms. The van der Waals surface area contributed by atoms with Gasteiger partial charge >= 0.3 is 12.0 Å². The SMILES string of the molecule is COc1nc(NC(=O)c2ccccc2C2=CCCC2)nc(OC)n1. The fourth-order valence-electron chi connectivity index (χ4n) is 2.62. The van der Waals surface area contributed by atoms with E-state index in [1.807, 2.05) is 18.2 Å². The third kappa shape index (κ3) is 3.34. The fraction of sp³-hybridized carbons (Fsp3) is 0.294. The highest BCUT2D eigenvalue weighted by Gasteiger charge is 2.18. The molecule has 1 amide bonds. The van der Waals surface area contributed by atoms with Gasteiger partial charge in [0.05, 0.1) is 14.2 Å². The van der Waals surface area contributed by atoms with Crippen molar-refractivity contribution in [3.05, 3.63) is 41.5 Å². The lowest BCUT2D eigenvalue weighted by molar-refractivity contribution is 0.102. The van der Waals surface area contributed by atoms with Crippen molar-refractivity contribution in [1.29, 1.82) is 0 Å². The van der Waals surface area contributed by atoms with Gasteiger partial charge in [-0.3, -0.25) is 10.1 Å². The summed E-state index contributed by atoms with van der Waals surface area (Å²) in [6, 6.07) is 7.66. The van der Waals surface area contributed by atoms with Crippen LogP contribution in [-0.2, 0) is 0 Å². The average Bonchev–Trinajstić information content (AvgIpc) is 3.15. The third-order valence-electron chi connectivity index (χ3n) is 3.74. The largest absolute Gasteiger partial charge is 0.467 e. The Hall–Kier alpha value is -2.96. The highest BCUT2D eigenvalue weighted by atomic mass is 16.5. The molecule has 3 rings (SSSR count). The highest BCUT2D eigenvalue weighted by Crippen LogP contribution is 2.30. The second-order valence-corrected chi connectivity index (χ2v) is 5.25. The molecule has 7 nitrogen and oxygen atoms in total. The van der Waals surface area contributed by atoms with Crippen LogP contribution in [0.4, 0.5) is 5.95 Å². The van der Waals surface area contributed by atoms with E-state index >= 15 is 0 Å². The molecule has 0 atom stereocenters. The van der Waals surface area contributed by atoms with Crippen LogP contribution < -0.4 is 14.8 Å². The first-order chi connectivity index (χ1) is 11.7. The number of aromatic nitrogens is 3. The van der Waals surface area contributed by atoms with Gasteiger partial charge in [-0.15, -0.1) is 4.98 Å². The predicted molar refractivity (Wildman–Crippen MR) is 89.2 cm³/mol. The monoisotopic (exact) mass is 326 g/mol. The summed E-state index contributed by atoms with van der Waals surface area (Å²) in [5.41, 5.74) is 2.73. The summed E-state index contributed by atoms with van der Waals surface area (Å²) in [5.74, 6) is -0.201. The molecule has 0 spiro atoms. The van der Waals surface area contributed by atoms with E-state index in [9.17, 15) is 4.79 Å². The second-order valence-electron chi connectivity index (χ2n) is 5.25. The quantitative estimate of drug-likeness (QED) is 0.909. The lowest BCUT2D eigenvalue weighted by Gasteiger charge is -2.11. The minimum atomic E-state index is -0.284. The Balaban J connectivity index is 1.88. The van der Waals surface area contributed by atoms with Crippen LogP contribution in [0, 0.1) is 0 Å². The molecule has 1 N–H and O–H groups in total. The number of carbonyl (C=O) groups excluding carboxylic acids is 1. The van der Waals surface area contributed by atoms with Crippen molar-refractivity contribution in [3.63, 3.8) is 0 Å². The van der Waals surface area contributed by atoms with Gasteiger partial charge in [0, 0.05) is 5.56 Å². The summed E-state index contributed by atoms with van der Waals surface area (Å²) >= 11 is 0. The van der Waals surface area contributed by atoms with Crippen LogP contribution in [0.25, 0.3) is 5.57 Å². The number of hydrogen-bond donors (Lipinski definition) is 1. The molecule has 1 aromatic heterocycles. The normalized spacial score (nSPS) is 13.3. The summed E-state index contributed by atoms with van der Waals surface area (Å²) in [7, 11) is 2.87. The number of benzene rings is 1. The first-order valence-electron chi connectivity index (χ1n) is 7.65. The zero-order valence-electron chi connectivity index (χ0n) is 13.6. The molecule has 1 heterocycles. The molecule has 0 unspecified atom stereocenters. The van der Waals surface area contributed by atoms with E-state index in [-0.39, 0.29) is 23.9 Å². The summed E-state index contributed by atoms with van der Waals surface area (Å²) in [5, 5.41) is 2.68. The maximum absolute atomic E-state index is 12.7. The summed E-state index contributed by atoms with van der Waals surface area (Å²) in [6.45, 7) is 0. The van der Waals surface area contributed by atoms with E-state index < -0.39 is 0 Å². The van der Waals surface area contributed by atoms with Crippen molar-refractivity contribution in [3.8, 4) is 12.0 Å². The number of amides is 1. The zero-order chi connectivity index (χ0) is 16.9.